The van der Waals surface area contributed by atoms with Gasteiger partial charge in [0.1, 0.15) is 5.75 Å². The minimum Gasteiger partial charge on any atom is -0.495 e. The fourth-order valence-electron chi connectivity index (χ4n) is 2.23. The fraction of sp³-hybridized carbons (Fsp3) is 0.562. The maximum absolute atomic E-state index is 13.9. The van der Waals surface area contributed by atoms with Crippen molar-refractivity contribution in [1.29, 1.82) is 0 Å². The SMILES string of the molecule is COc1ccccc1NC(=O)C(F)(F)C(F)(F)C(F)(F)C(F)(F)C(F)(F)C(F)(F)C(F)(F)C(F)F. The van der Waals surface area contributed by atoms with Gasteiger partial charge in [0.05, 0.1) is 12.8 Å². The Hall–Kier alpha value is -2.63. The summed E-state index contributed by atoms with van der Waals surface area (Å²) in [6.45, 7) is 0. The van der Waals surface area contributed by atoms with Crippen LogP contribution in [0.25, 0.3) is 0 Å². The Bertz CT molecular complexity index is 930. The number of anilines is 1. The molecule has 0 heterocycles. The van der Waals surface area contributed by atoms with Crippen molar-refractivity contribution >= 4 is 11.6 Å². The zero-order chi connectivity index (χ0) is 28.1. The van der Waals surface area contributed by atoms with E-state index < -0.39 is 65.2 Å². The molecule has 0 radical (unpaired) electrons. The van der Waals surface area contributed by atoms with Crippen molar-refractivity contribution < 1.29 is 79.8 Å². The number of halogens is 16. The highest BCUT2D eigenvalue weighted by atomic mass is 19.4. The number of ether oxygens (including phenoxy) is 1. The monoisotopic (exact) mass is 551 g/mol. The molecule has 0 aliphatic rings. The summed E-state index contributed by atoms with van der Waals surface area (Å²) in [5, 5.41) is 0.813. The number of alkyl halides is 16. The average molecular weight is 551 g/mol. The van der Waals surface area contributed by atoms with Gasteiger partial charge in [0.25, 0.3) is 0 Å². The van der Waals surface area contributed by atoms with Gasteiger partial charge in [0.2, 0.25) is 0 Å². The van der Waals surface area contributed by atoms with E-state index in [4.69, 9.17) is 0 Å². The van der Waals surface area contributed by atoms with E-state index in [1.54, 1.807) is 0 Å². The molecule has 1 rings (SSSR count). The Balaban J connectivity index is 3.56. The van der Waals surface area contributed by atoms with Crippen molar-refractivity contribution in [2.24, 2.45) is 0 Å². The summed E-state index contributed by atoms with van der Waals surface area (Å²) in [6.07, 6.45) is -5.93. The first-order valence-corrected chi connectivity index (χ1v) is 8.26. The van der Waals surface area contributed by atoms with Crippen LogP contribution in [0.2, 0.25) is 0 Å². The van der Waals surface area contributed by atoms with Crippen LogP contribution >= 0.6 is 0 Å². The average Bonchev–Trinajstić information content (AvgIpc) is 2.72. The molecule has 202 valence electrons. The van der Waals surface area contributed by atoms with Gasteiger partial charge in [-0.05, 0) is 12.1 Å². The van der Waals surface area contributed by atoms with Crippen molar-refractivity contribution in [3.63, 3.8) is 0 Å². The second kappa shape index (κ2) is 8.79. The number of para-hydroxylation sites is 2. The third-order valence-electron chi connectivity index (χ3n) is 4.30. The van der Waals surface area contributed by atoms with Gasteiger partial charge in [0, 0.05) is 0 Å². The molecule has 0 aliphatic heterocycles. The Kier molecular flexibility index (Phi) is 7.64. The van der Waals surface area contributed by atoms with E-state index >= 15 is 0 Å². The first-order valence-electron chi connectivity index (χ1n) is 8.26. The summed E-state index contributed by atoms with van der Waals surface area (Å²) in [4.78, 5) is 11.5. The van der Waals surface area contributed by atoms with Crippen LogP contribution in [-0.2, 0) is 4.79 Å². The number of carbonyl (C=O) groups is 1. The predicted molar refractivity (Wildman–Crippen MR) is 82.3 cm³/mol. The Labute approximate surface area is 183 Å². The van der Waals surface area contributed by atoms with E-state index in [9.17, 15) is 75.0 Å². The molecular formula is C16H9F16NO2. The molecule has 0 fully saturated rings. The van der Waals surface area contributed by atoms with Gasteiger partial charge in [-0.15, -0.1) is 0 Å². The minimum absolute atomic E-state index is 0.610. The number of hydrogen-bond donors (Lipinski definition) is 1. The van der Waals surface area contributed by atoms with Crippen LogP contribution in [0.3, 0.4) is 0 Å². The molecule has 0 saturated heterocycles. The molecule has 1 amide bonds. The van der Waals surface area contributed by atoms with Crippen molar-refractivity contribution in [2.75, 3.05) is 12.4 Å². The summed E-state index contributed by atoms with van der Waals surface area (Å²) in [7, 11) is 0.809. The van der Waals surface area contributed by atoms with Crippen LogP contribution in [-0.4, -0.2) is 60.9 Å². The third kappa shape index (κ3) is 4.19. The Morgan fingerprint density at radius 1 is 0.714 bits per heavy atom. The molecule has 19 heteroatoms. The lowest BCUT2D eigenvalue weighted by molar-refractivity contribution is -0.443. The summed E-state index contributed by atoms with van der Waals surface area (Å²) in [6, 6.07) is 3.47. The van der Waals surface area contributed by atoms with E-state index in [0.29, 0.717) is 6.07 Å². The van der Waals surface area contributed by atoms with Crippen molar-refractivity contribution in [3.8, 4) is 5.75 Å². The molecule has 1 N–H and O–H groups in total. The summed E-state index contributed by atoms with van der Waals surface area (Å²) in [5.74, 6) is -60.5. The minimum atomic E-state index is -8.57. The number of methoxy groups -OCH3 is 1. The Morgan fingerprint density at radius 3 is 1.54 bits per heavy atom. The number of benzene rings is 1. The molecule has 0 spiro atoms. The smallest absolute Gasteiger partial charge is 0.393 e. The lowest BCUT2D eigenvalue weighted by Gasteiger charge is -2.42. The normalized spacial score (nSPS) is 14.8. The van der Waals surface area contributed by atoms with Crippen molar-refractivity contribution in [1.82, 2.24) is 0 Å². The van der Waals surface area contributed by atoms with E-state index in [1.807, 2.05) is 0 Å². The van der Waals surface area contributed by atoms with Crippen molar-refractivity contribution in [2.45, 2.75) is 47.9 Å². The lowest BCUT2D eigenvalue weighted by atomic mass is 9.89. The van der Waals surface area contributed by atoms with Gasteiger partial charge < -0.3 is 10.1 Å². The molecule has 0 aromatic heterocycles. The zero-order valence-corrected chi connectivity index (χ0v) is 16.3. The Morgan fingerprint density at radius 2 is 1.11 bits per heavy atom. The fourth-order valence-corrected chi connectivity index (χ4v) is 2.23. The first kappa shape index (κ1) is 30.4. The van der Waals surface area contributed by atoms with E-state index in [1.165, 1.54) is 0 Å². The molecule has 1 aromatic carbocycles. The number of amides is 1. The molecule has 0 unspecified atom stereocenters. The molecule has 1 aromatic rings. The topological polar surface area (TPSA) is 38.3 Å². The van der Waals surface area contributed by atoms with Crippen LogP contribution < -0.4 is 10.1 Å². The maximum Gasteiger partial charge on any atom is 0.393 e. The molecule has 0 atom stereocenters. The van der Waals surface area contributed by atoms with Gasteiger partial charge >= 0.3 is 53.8 Å². The molecule has 3 nitrogen and oxygen atoms in total. The highest BCUT2D eigenvalue weighted by molar-refractivity contribution is 5.98. The van der Waals surface area contributed by atoms with Crippen LogP contribution in [0, 0.1) is 0 Å². The van der Waals surface area contributed by atoms with E-state index in [-0.39, 0.29) is 0 Å². The second-order valence-electron chi connectivity index (χ2n) is 6.52. The van der Waals surface area contributed by atoms with Gasteiger partial charge in [-0.25, -0.2) is 8.78 Å². The lowest BCUT2D eigenvalue weighted by Crippen LogP contribution is -2.74. The van der Waals surface area contributed by atoms with Crippen molar-refractivity contribution in [3.05, 3.63) is 24.3 Å². The van der Waals surface area contributed by atoms with Crippen LogP contribution in [0.4, 0.5) is 75.9 Å². The van der Waals surface area contributed by atoms with E-state index in [2.05, 4.69) is 4.74 Å². The molecule has 35 heavy (non-hydrogen) atoms. The zero-order valence-electron chi connectivity index (χ0n) is 16.3. The summed E-state index contributed by atoms with van der Waals surface area (Å²) < 4.78 is 217. The van der Waals surface area contributed by atoms with Gasteiger partial charge in [-0.2, -0.15) is 61.5 Å². The number of rotatable bonds is 10. The third-order valence-corrected chi connectivity index (χ3v) is 4.30. The maximum atomic E-state index is 13.9. The summed E-state index contributed by atoms with van der Waals surface area (Å²) in [5.41, 5.74) is -0.987. The first-order chi connectivity index (χ1) is 15.4. The highest BCUT2D eigenvalue weighted by Crippen LogP contribution is 2.62. The number of hydrogen-bond acceptors (Lipinski definition) is 2. The standard InChI is InChI=1S/C16H9F16NO2/c1-35-7-5-3-2-4-6(7)33-9(34)11(21,22)13(25,26)15(29,30)16(31,32)14(27,28)12(23,24)10(19,20)8(17)18/h2-5,8H,1H3,(H,33,34). The molecule has 0 bridgehead atoms. The quantitative estimate of drug-likeness (QED) is 0.345. The largest absolute Gasteiger partial charge is 0.495 e. The number of nitrogens with one attached hydrogen (secondary N) is 1. The van der Waals surface area contributed by atoms with Crippen LogP contribution in [0.15, 0.2) is 24.3 Å². The van der Waals surface area contributed by atoms with Gasteiger partial charge in [-0.1, -0.05) is 12.1 Å². The highest BCUT2D eigenvalue weighted by Gasteiger charge is 2.94. The molecule has 0 saturated carbocycles. The second-order valence-corrected chi connectivity index (χ2v) is 6.52. The van der Waals surface area contributed by atoms with Gasteiger partial charge in [0.15, 0.2) is 0 Å². The molecular weight excluding hydrogens is 542 g/mol. The molecule has 0 aliphatic carbocycles. The predicted octanol–water partition coefficient (Wildman–Crippen LogP) is 6.35. The summed E-state index contributed by atoms with van der Waals surface area (Å²) >= 11 is 0. The van der Waals surface area contributed by atoms with Crippen LogP contribution in [0.1, 0.15) is 0 Å². The van der Waals surface area contributed by atoms with Crippen LogP contribution in [0.5, 0.6) is 5.75 Å². The van der Waals surface area contributed by atoms with E-state index in [0.717, 1.165) is 30.6 Å². The number of carbonyl (C=O) groups excluding carboxylic acids is 1. The van der Waals surface area contributed by atoms with Gasteiger partial charge in [-0.3, -0.25) is 4.79 Å².